The predicted molar refractivity (Wildman–Crippen MR) is 70.7 cm³/mol. The molecular formula is C13H15F3O4S. The normalized spacial score (nSPS) is 12.2. The first-order valence-corrected chi connectivity index (χ1v) is 7.71. The van der Waals surface area contributed by atoms with Crippen LogP contribution < -0.4 is 4.18 Å². The average molecular weight is 324 g/mol. The molecule has 0 aliphatic heterocycles. The minimum Gasteiger partial charge on any atom is -0.376 e. The van der Waals surface area contributed by atoms with E-state index in [9.17, 15) is 26.4 Å². The Bertz CT molecular complexity index is 594. The molecule has 0 heterocycles. The van der Waals surface area contributed by atoms with E-state index < -0.39 is 21.4 Å². The quantitative estimate of drug-likeness (QED) is 0.333. The van der Waals surface area contributed by atoms with Crippen molar-refractivity contribution in [2.24, 2.45) is 0 Å². The fourth-order valence-electron chi connectivity index (χ4n) is 1.68. The van der Waals surface area contributed by atoms with Gasteiger partial charge in [-0.3, -0.25) is 4.79 Å². The number of aldehydes is 1. The van der Waals surface area contributed by atoms with Crippen molar-refractivity contribution in [2.75, 3.05) is 0 Å². The molecule has 0 saturated heterocycles. The Morgan fingerprint density at radius 3 is 2.43 bits per heavy atom. The molecule has 1 aromatic carbocycles. The van der Waals surface area contributed by atoms with Gasteiger partial charge < -0.3 is 4.18 Å². The van der Waals surface area contributed by atoms with Crippen molar-refractivity contribution in [3.05, 3.63) is 29.3 Å². The van der Waals surface area contributed by atoms with Crippen LogP contribution in [0.4, 0.5) is 13.2 Å². The summed E-state index contributed by atoms with van der Waals surface area (Å²) in [5, 5.41) is 0. The number of carbonyl (C=O) groups is 1. The first-order valence-electron chi connectivity index (χ1n) is 6.30. The van der Waals surface area contributed by atoms with Crippen LogP contribution in [0.15, 0.2) is 18.2 Å². The van der Waals surface area contributed by atoms with Gasteiger partial charge in [0.15, 0.2) is 0 Å². The number of unbranched alkanes of at least 4 members (excludes halogenated alkanes) is 2. The minimum atomic E-state index is -5.71. The van der Waals surface area contributed by atoms with E-state index in [1.807, 2.05) is 6.92 Å². The number of hydrogen-bond donors (Lipinski definition) is 0. The Balaban J connectivity index is 3.08. The van der Waals surface area contributed by atoms with Crippen molar-refractivity contribution in [3.8, 4) is 5.75 Å². The van der Waals surface area contributed by atoms with E-state index in [0.717, 1.165) is 18.9 Å². The second-order valence-corrected chi connectivity index (χ2v) is 5.96. The number of carbonyl (C=O) groups excluding carboxylic acids is 1. The maximum absolute atomic E-state index is 12.3. The lowest BCUT2D eigenvalue weighted by Crippen LogP contribution is -2.28. The van der Waals surface area contributed by atoms with E-state index in [-0.39, 0.29) is 11.1 Å². The molecule has 1 rings (SSSR count). The summed E-state index contributed by atoms with van der Waals surface area (Å²) in [4.78, 5) is 10.7. The Morgan fingerprint density at radius 1 is 1.24 bits per heavy atom. The van der Waals surface area contributed by atoms with Crippen LogP contribution in [0.5, 0.6) is 5.75 Å². The summed E-state index contributed by atoms with van der Waals surface area (Å²) in [7, 11) is -5.71. The molecular weight excluding hydrogens is 309 g/mol. The zero-order chi connectivity index (χ0) is 16.1. The Morgan fingerprint density at radius 2 is 1.90 bits per heavy atom. The van der Waals surface area contributed by atoms with Crippen molar-refractivity contribution < 1.29 is 30.6 Å². The van der Waals surface area contributed by atoms with Gasteiger partial charge in [-0.15, -0.1) is 0 Å². The maximum atomic E-state index is 12.3. The highest BCUT2D eigenvalue weighted by Crippen LogP contribution is 2.30. The van der Waals surface area contributed by atoms with Gasteiger partial charge in [-0.05, 0) is 36.6 Å². The van der Waals surface area contributed by atoms with Crippen LogP contribution in [0.3, 0.4) is 0 Å². The Kier molecular flexibility index (Phi) is 5.77. The fraction of sp³-hybridized carbons (Fsp3) is 0.462. The third-order valence-corrected chi connectivity index (χ3v) is 3.72. The Hall–Kier alpha value is -1.57. The Labute approximate surface area is 121 Å². The second kappa shape index (κ2) is 6.93. The third kappa shape index (κ3) is 4.73. The number of hydrogen-bond acceptors (Lipinski definition) is 4. The van der Waals surface area contributed by atoms with E-state index >= 15 is 0 Å². The minimum absolute atomic E-state index is 0.248. The smallest absolute Gasteiger partial charge is 0.376 e. The molecule has 0 N–H and O–H groups in total. The molecule has 0 saturated carbocycles. The molecule has 1 aromatic rings. The van der Waals surface area contributed by atoms with Gasteiger partial charge in [0.05, 0.1) is 0 Å². The van der Waals surface area contributed by atoms with Crippen LogP contribution in [0.25, 0.3) is 0 Å². The molecule has 0 aliphatic rings. The summed E-state index contributed by atoms with van der Waals surface area (Å²) in [5.74, 6) is -0.394. The van der Waals surface area contributed by atoms with Crippen LogP contribution >= 0.6 is 0 Å². The van der Waals surface area contributed by atoms with Crippen LogP contribution in [0, 0.1) is 0 Å². The SMILES string of the molecule is CCCCCc1cc(C=O)ccc1OS(=O)(=O)C(F)(F)F. The molecule has 0 bridgehead atoms. The van der Waals surface area contributed by atoms with Crippen molar-refractivity contribution >= 4 is 16.4 Å². The second-order valence-electron chi connectivity index (χ2n) is 4.43. The summed E-state index contributed by atoms with van der Waals surface area (Å²) in [6.07, 6.45) is 3.24. The molecule has 0 atom stereocenters. The standard InChI is InChI=1S/C13H15F3O4S/c1-2-3-4-5-11-8-10(9-17)6-7-12(11)20-21(18,19)13(14,15)16/h6-9H,2-5H2,1H3. The van der Waals surface area contributed by atoms with Crippen molar-refractivity contribution in [3.63, 3.8) is 0 Å². The zero-order valence-electron chi connectivity index (χ0n) is 11.3. The molecule has 118 valence electrons. The van der Waals surface area contributed by atoms with Crippen molar-refractivity contribution in [2.45, 2.75) is 38.1 Å². The maximum Gasteiger partial charge on any atom is 0.534 e. The topological polar surface area (TPSA) is 60.4 Å². The van der Waals surface area contributed by atoms with Crippen LogP contribution in [-0.2, 0) is 16.5 Å². The molecule has 0 fully saturated rings. The highest BCUT2D eigenvalue weighted by molar-refractivity contribution is 7.88. The van der Waals surface area contributed by atoms with E-state index in [2.05, 4.69) is 4.18 Å². The average Bonchev–Trinajstić information content (AvgIpc) is 2.39. The number of benzene rings is 1. The molecule has 0 aliphatic carbocycles. The number of halogens is 3. The molecule has 0 unspecified atom stereocenters. The molecule has 0 radical (unpaired) electrons. The number of aryl methyl sites for hydroxylation is 1. The first-order chi connectivity index (χ1) is 9.71. The van der Waals surface area contributed by atoms with Gasteiger partial charge in [-0.2, -0.15) is 21.6 Å². The molecule has 21 heavy (non-hydrogen) atoms. The van der Waals surface area contributed by atoms with Gasteiger partial charge in [0.2, 0.25) is 0 Å². The highest BCUT2D eigenvalue weighted by atomic mass is 32.2. The van der Waals surface area contributed by atoms with Gasteiger partial charge in [-0.25, -0.2) is 0 Å². The third-order valence-electron chi connectivity index (χ3n) is 2.75. The van der Waals surface area contributed by atoms with Crippen molar-refractivity contribution in [1.82, 2.24) is 0 Å². The van der Waals surface area contributed by atoms with E-state index in [1.165, 1.54) is 12.1 Å². The zero-order valence-corrected chi connectivity index (χ0v) is 12.1. The highest BCUT2D eigenvalue weighted by Gasteiger charge is 2.48. The summed E-state index contributed by atoms with van der Waals surface area (Å²) >= 11 is 0. The van der Waals surface area contributed by atoms with Gasteiger partial charge >= 0.3 is 15.6 Å². The predicted octanol–water partition coefficient (Wildman–Crippen LogP) is 3.46. The largest absolute Gasteiger partial charge is 0.534 e. The molecule has 0 spiro atoms. The van der Waals surface area contributed by atoms with Crippen LogP contribution in [0.2, 0.25) is 0 Å². The van der Waals surface area contributed by atoms with E-state index in [1.54, 1.807) is 0 Å². The summed E-state index contributed by atoms with van der Waals surface area (Å²) in [6.45, 7) is 1.95. The number of alkyl halides is 3. The molecule has 0 amide bonds. The summed E-state index contributed by atoms with van der Waals surface area (Å²) in [5.41, 5.74) is -4.98. The molecule has 0 aromatic heterocycles. The molecule has 8 heteroatoms. The molecule has 4 nitrogen and oxygen atoms in total. The van der Waals surface area contributed by atoms with Gasteiger partial charge in [0.25, 0.3) is 0 Å². The van der Waals surface area contributed by atoms with Gasteiger partial charge in [0.1, 0.15) is 12.0 Å². The lowest BCUT2D eigenvalue weighted by molar-refractivity contribution is -0.0500. The summed E-state index contributed by atoms with van der Waals surface area (Å²) < 4.78 is 63.2. The van der Waals surface area contributed by atoms with Gasteiger partial charge in [0, 0.05) is 5.56 Å². The first kappa shape index (κ1) is 17.5. The monoisotopic (exact) mass is 324 g/mol. The van der Waals surface area contributed by atoms with E-state index in [4.69, 9.17) is 0 Å². The lowest BCUT2D eigenvalue weighted by atomic mass is 10.0. The van der Waals surface area contributed by atoms with Crippen LogP contribution in [0.1, 0.15) is 42.1 Å². The van der Waals surface area contributed by atoms with E-state index in [0.29, 0.717) is 19.1 Å². The fourth-order valence-corrected chi connectivity index (χ4v) is 2.17. The van der Waals surface area contributed by atoms with Crippen LogP contribution in [-0.4, -0.2) is 20.2 Å². The number of rotatable bonds is 7. The lowest BCUT2D eigenvalue weighted by Gasteiger charge is -2.13. The van der Waals surface area contributed by atoms with Gasteiger partial charge in [-0.1, -0.05) is 19.8 Å². The summed E-state index contributed by atoms with van der Waals surface area (Å²) in [6, 6.07) is 3.61. The van der Waals surface area contributed by atoms with Crippen molar-refractivity contribution in [1.29, 1.82) is 0 Å².